The highest BCUT2D eigenvalue weighted by Gasteiger charge is 2.41. The molecule has 2 nitrogen and oxygen atoms in total. The van der Waals surface area contributed by atoms with Crippen LogP contribution in [0.4, 0.5) is 0 Å². The van der Waals surface area contributed by atoms with Crippen LogP contribution in [0.1, 0.15) is 52.9 Å². The summed E-state index contributed by atoms with van der Waals surface area (Å²) in [4.78, 5) is 2.76. The van der Waals surface area contributed by atoms with Crippen LogP contribution in [0.25, 0.3) is 0 Å². The summed E-state index contributed by atoms with van der Waals surface area (Å²) in [6, 6.07) is 0. The zero-order chi connectivity index (χ0) is 13.9. The van der Waals surface area contributed by atoms with Crippen LogP contribution < -0.4 is 5.73 Å². The van der Waals surface area contributed by atoms with Crippen LogP contribution in [-0.4, -0.2) is 41.1 Å². The Morgan fingerprint density at radius 1 is 1.32 bits per heavy atom. The van der Waals surface area contributed by atoms with E-state index in [2.05, 4.69) is 37.4 Å². The fraction of sp³-hybridized carbons (Fsp3) is 1.00. The van der Waals surface area contributed by atoms with E-state index in [0.717, 1.165) is 23.6 Å². The van der Waals surface area contributed by atoms with Crippen LogP contribution in [0, 0.1) is 11.8 Å². The predicted molar refractivity (Wildman–Crippen MR) is 86.7 cm³/mol. The van der Waals surface area contributed by atoms with Gasteiger partial charge in [0.15, 0.2) is 0 Å². The van der Waals surface area contributed by atoms with Gasteiger partial charge in [0.25, 0.3) is 0 Å². The lowest BCUT2D eigenvalue weighted by molar-refractivity contribution is 0.0371. The lowest BCUT2D eigenvalue weighted by Gasteiger charge is -2.50. The molecular weight excluding hydrogens is 252 g/mol. The minimum Gasteiger partial charge on any atom is -0.329 e. The third kappa shape index (κ3) is 3.48. The fourth-order valence-electron chi connectivity index (χ4n) is 3.89. The van der Waals surface area contributed by atoms with Crippen molar-refractivity contribution in [2.45, 2.75) is 63.7 Å². The Balaban J connectivity index is 1.99. The van der Waals surface area contributed by atoms with E-state index in [-0.39, 0.29) is 0 Å². The van der Waals surface area contributed by atoms with Crippen LogP contribution in [0.5, 0.6) is 0 Å². The van der Waals surface area contributed by atoms with Gasteiger partial charge in [-0.25, -0.2) is 0 Å². The second-order valence-electron chi connectivity index (χ2n) is 6.86. The maximum atomic E-state index is 6.23. The first-order valence-electron chi connectivity index (χ1n) is 8.18. The van der Waals surface area contributed by atoms with Crippen molar-refractivity contribution in [3.63, 3.8) is 0 Å². The molecule has 0 aromatic heterocycles. The van der Waals surface area contributed by atoms with E-state index in [1.165, 1.54) is 50.9 Å². The summed E-state index contributed by atoms with van der Waals surface area (Å²) in [5, 5.41) is 0.833. The quantitative estimate of drug-likeness (QED) is 0.858. The van der Waals surface area contributed by atoms with Crippen LogP contribution in [0.2, 0.25) is 0 Å². The van der Waals surface area contributed by atoms with Crippen LogP contribution in [-0.2, 0) is 0 Å². The maximum Gasteiger partial charge on any atom is 0.0332 e. The van der Waals surface area contributed by atoms with Crippen molar-refractivity contribution in [2.75, 3.05) is 25.4 Å². The average Bonchev–Trinajstić information content (AvgIpc) is 2.47. The molecule has 2 aliphatic rings. The smallest absolute Gasteiger partial charge is 0.0332 e. The molecule has 3 heteroatoms. The molecule has 0 spiro atoms. The van der Waals surface area contributed by atoms with Gasteiger partial charge >= 0.3 is 0 Å². The van der Waals surface area contributed by atoms with Gasteiger partial charge in [0.1, 0.15) is 0 Å². The van der Waals surface area contributed by atoms with E-state index in [4.69, 9.17) is 5.73 Å². The van der Waals surface area contributed by atoms with Gasteiger partial charge in [-0.15, -0.1) is 0 Å². The number of thioether (sulfide) groups is 1. The van der Waals surface area contributed by atoms with Gasteiger partial charge in [-0.3, -0.25) is 4.90 Å². The first-order valence-corrected chi connectivity index (χ1v) is 9.23. The maximum absolute atomic E-state index is 6.23. The van der Waals surface area contributed by atoms with Gasteiger partial charge in [0.2, 0.25) is 0 Å². The second-order valence-corrected chi connectivity index (χ2v) is 8.27. The first-order chi connectivity index (χ1) is 9.11. The van der Waals surface area contributed by atoms with Gasteiger partial charge in [0, 0.05) is 36.2 Å². The summed E-state index contributed by atoms with van der Waals surface area (Å²) in [7, 11) is 0. The topological polar surface area (TPSA) is 29.3 Å². The molecule has 1 saturated heterocycles. The number of nitrogens with two attached hydrogens (primary N) is 1. The largest absolute Gasteiger partial charge is 0.329 e. The molecule has 112 valence electrons. The lowest BCUT2D eigenvalue weighted by Crippen LogP contribution is -2.59. The van der Waals surface area contributed by atoms with Crippen molar-refractivity contribution in [3.05, 3.63) is 0 Å². The fourth-order valence-corrected chi connectivity index (χ4v) is 5.07. The summed E-state index contributed by atoms with van der Waals surface area (Å²) in [5.41, 5.74) is 6.56. The van der Waals surface area contributed by atoms with Gasteiger partial charge in [-0.05, 0) is 43.9 Å². The van der Waals surface area contributed by atoms with Crippen LogP contribution in [0.3, 0.4) is 0 Å². The molecule has 1 saturated carbocycles. The zero-order valence-corrected chi connectivity index (χ0v) is 13.8. The van der Waals surface area contributed by atoms with Gasteiger partial charge in [0.05, 0.1) is 0 Å². The Labute approximate surface area is 123 Å². The summed E-state index contributed by atoms with van der Waals surface area (Å²) in [5.74, 6) is 3.07. The molecule has 1 aliphatic heterocycles. The minimum absolute atomic E-state index is 0.333. The summed E-state index contributed by atoms with van der Waals surface area (Å²) < 4.78 is 0. The summed E-state index contributed by atoms with van der Waals surface area (Å²) in [6.45, 7) is 10.5. The van der Waals surface area contributed by atoms with Crippen molar-refractivity contribution in [3.8, 4) is 0 Å². The SMILES string of the molecule is CCC1CN(C2(CN)CCC(C(C)C)CC2)CCS1. The molecule has 1 unspecified atom stereocenters. The molecule has 1 heterocycles. The average molecular weight is 285 g/mol. The monoisotopic (exact) mass is 284 g/mol. The number of nitrogens with zero attached hydrogens (tertiary/aromatic N) is 1. The Hall–Kier alpha value is 0.270. The molecule has 0 aromatic rings. The van der Waals surface area contributed by atoms with E-state index in [1.807, 2.05) is 0 Å². The molecular formula is C16H32N2S. The van der Waals surface area contributed by atoms with Crippen LogP contribution in [0.15, 0.2) is 0 Å². The van der Waals surface area contributed by atoms with E-state index < -0.39 is 0 Å². The molecule has 1 atom stereocenters. The highest BCUT2D eigenvalue weighted by atomic mass is 32.2. The third-order valence-electron chi connectivity index (χ3n) is 5.55. The van der Waals surface area contributed by atoms with Crippen molar-refractivity contribution in [2.24, 2.45) is 17.6 Å². The zero-order valence-electron chi connectivity index (χ0n) is 13.0. The molecule has 0 radical (unpaired) electrons. The number of hydrogen-bond donors (Lipinski definition) is 1. The molecule has 1 aliphatic carbocycles. The van der Waals surface area contributed by atoms with E-state index in [0.29, 0.717) is 5.54 Å². The molecule has 0 bridgehead atoms. The molecule has 2 rings (SSSR count). The molecule has 2 N–H and O–H groups in total. The third-order valence-corrected chi connectivity index (χ3v) is 6.92. The highest BCUT2D eigenvalue weighted by molar-refractivity contribution is 8.00. The van der Waals surface area contributed by atoms with E-state index >= 15 is 0 Å². The normalized spacial score (nSPS) is 37.7. The van der Waals surface area contributed by atoms with Crippen molar-refractivity contribution in [1.29, 1.82) is 0 Å². The van der Waals surface area contributed by atoms with Crippen molar-refractivity contribution >= 4 is 11.8 Å². The first kappa shape index (κ1) is 15.7. The van der Waals surface area contributed by atoms with E-state index in [1.54, 1.807) is 0 Å². The lowest BCUT2D eigenvalue weighted by atomic mass is 9.72. The van der Waals surface area contributed by atoms with Gasteiger partial charge in [-0.2, -0.15) is 11.8 Å². The molecule has 2 fully saturated rings. The molecule has 0 aromatic carbocycles. The van der Waals surface area contributed by atoms with Crippen LogP contribution >= 0.6 is 11.8 Å². The minimum atomic E-state index is 0.333. The molecule has 19 heavy (non-hydrogen) atoms. The Morgan fingerprint density at radius 3 is 2.53 bits per heavy atom. The summed E-state index contributed by atoms with van der Waals surface area (Å²) in [6.07, 6.45) is 6.72. The molecule has 0 amide bonds. The second kappa shape index (κ2) is 6.82. The van der Waals surface area contributed by atoms with Crippen molar-refractivity contribution in [1.82, 2.24) is 4.90 Å². The summed E-state index contributed by atoms with van der Waals surface area (Å²) >= 11 is 2.16. The van der Waals surface area contributed by atoms with Crippen molar-refractivity contribution < 1.29 is 0 Å². The Kier molecular flexibility index (Phi) is 5.62. The van der Waals surface area contributed by atoms with E-state index in [9.17, 15) is 0 Å². The Bertz CT molecular complexity index is 272. The number of rotatable bonds is 4. The predicted octanol–water partition coefficient (Wildman–Crippen LogP) is 3.36. The van der Waals surface area contributed by atoms with Gasteiger partial charge < -0.3 is 5.73 Å². The number of hydrogen-bond acceptors (Lipinski definition) is 3. The Morgan fingerprint density at radius 2 is 2.00 bits per heavy atom. The van der Waals surface area contributed by atoms with Gasteiger partial charge in [-0.1, -0.05) is 20.8 Å². The standard InChI is InChI=1S/C16H32N2S/c1-4-15-11-18(9-10-19-15)16(12-17)7-5-14(6-8-16)13(2)3/h13-15H,4-12,17H2,1-3H3. The highest BCUT2D eigenvalue weighted by Crippen LogP contribution is 2.40.